The molecule has 0 spiro atoms. The standard InChI is InChI=1S/C12H18F3N5S/c1-21-8-4-2-7(3-5-8)17-9-6-10(20-16)19-11(18-9)12(13,14)15/h6-8H,2-5,16H2,1H3,(H2,17,18,19,20). The van der Waals surface area contributed by atoms with E-state index in [0.29, 0.717) is 5.25 Å². The second-order valence-corrected chi connectivity index (χ2v) is 6.10. The van der Waals surface area contributed by atoms with Gasteiger partial charge in [0.25, 0.3) is 0 Å². The first-order valence-electron chi connectivity index (χ1n) is 6.64. The Morgan fingerprint density at radius 3 is 2.33 bits per heavy atom. The summed E-state index contributed by atoms with van der Waals surface area (Å²) in [6.07, 6.45) is 1.43. The van der Waals surface area contributed by atoms with Gasteiger partial charge in [-0.05, 0) is 31.9 Å². The Labute approximate surface area is 125 Å². The zero-order chi connectivity index (χ0) is 15.5. The van der Waals surface area contributed by atoms with Crippen LogP contribution in [0.3, 0.4) is 0 Å². The molecule has 1 aromatic heterocycles. The van der Waals surface area contributed by atoms with Crippen molar-refractivity contribution in [2.75, 3.05) is 17.0 Å². The molecule has 0 unspecified atom stereocenters. The Balaban J connectivity index is 2.09. The lowest BCUT2D eigenvalue weighted by Crippen LogP contribution is -2.28. The molecule has 2 rings (SSSR count). The Morgan fingerprint density at radius 2 is 1.81 bits per heavy atom. The smallest absolute Gasteiger partial charge is 0.367 e. The lowest BCUT2D eigenvalue weighted by Gasteiger charge is -2.28. The van der Waals surface area contributed by atoms with E-state index in [1.165, 1.54) is 6.07 Å². The summed E-state index contributed by atoms with van der Waals surface area (Å²) in [5, 5.41) is 3.70. The van der Waals surface area contributed by atoms with E-state index in [1.54, 1.807) is 0 Å². The van der Waals surface area contributed by atoms with Crippen LogP contribution in [0.1, 0.15) is 31.5 Å². The number of hydrogen-bond acceptors (Lipinski definition) is 6. The van der Waals surface area contributed by atoms with Crippen molar-refractivity contribution in [1.82, 2.24) is 9.97 Å². The topological polar surface area (TPSA) is 75.9 Å². The number of thioether (sulfide) groups is 1. The van der Waals surface area contributed by atoms with Crippen molar-refractivity contribution in [3.05, 3.63) is 11.9 Å². The Kier molecular flexibility index (Phi) is 5.15. The average Bonchev–Trinajstić information content (AvgIpc) is 2.46. The van der Waals surface area contributed by atoms with Gasteiger partial charge in [-0.1, -0.05) is 0 Å². The van der Waals surface area contributed by atoms with Gasteiger partial charge in [0.15, 0.2) is 0 Å². The van der Waals surface area contributed by atoms with E-state index in [-0.39, 0.29) is 17.7 Å². The molecule has 21 heavy (non-hydrogen) atoms. The number of rotatable bonds is 4. The van der Waals surface area contributed by atoms with Gasteiger partial charge in [-0.15, -0.1) is 0 Å². The number of hydrogen-bond donors (Lipinski definition) is 3. The first-order chi connectivity index (χ1) is 9.92. The predicted molar refractivity (Wildman–Crippen MR) is 78.0 cm³/mol. The number of anilines is 2. The fourth-order valence-corrected chi connectivity index (χ4v) is 3.12. The van der Waals surface area contributed by atoms with Gasteiger partial charge in [0.2, 0.25) is 5.82 Å². The highest BCUT2D eigenvalue weighted by Gasteiger charge is 2.35. The highest BCUT2D eigenvalue weighted by atomic mass is 32.2. The molecule has 1 aromatic rings. The molecule has 0 aromatic carbocycles. The van der Waals surface area contributed by atoms with Gasteiger partial charge in [-0.25, -0.2) is 15.8 Å². The second kappa shape index (κ2) is 6.69. The van der Waals surface area contributed by atoms with Crippen LogP contribution in [0.5, 0.6) is 0 Å². The second-order valence-electron chi connectivity index (χ2n) is 4.96. The van der Waals surface area contributed by atoms with Crippen LogP contribution in [0.25, 0.3) is 0 Å². The van der Waals surface area contributed by atoms with E-state index in [4.69, 9.17) is 5.84 Å². The van der Waals surface area contributed by atoms with Crippen LogP contribution >= 0.6 is 11.8 Å². The average molecular weight is 321 g/mol. The molecule has 1 heterocycles. The minimum atomic E-state index is -4.60. The van der Waals surface area contributed by atoms with Gasteiger partial charge in [-0.2, -0.15) is 24.9 Å². The fourth-order valence-electron chi connectivity index (χ4n) is 2.37. The van der Waals surface area contributed by atoms with Gasteiger partial charge >= 0.3 is 6.18 Å². The van der Waals surface area contributed by atoms with Gasteiger partial charge in [0.05, 0.1) is 0 Å². The van der Waals surface area contributed by atoms with Gasteiger partial charge < -0.3 is 10.7 Å². The SMILES string of the molecule is CSC1CCC(Nc2cc(NN)nc(C(F)(F)F)n2)CC1. The number of hydrazine groups is 1. The first-order valence-corrected chi connectivity index (χ1v) is 7.93. The Bertz CT molecular complexity index is 474. The highest BCUT2D eigenvalue weighted by Crippen LogP contribution is 2.31. The highest BCUT2D eigenvalue weighted by molar-refractivity contribution is 7.99. The van der Waals surface area contributed by atoms with Crippen LogP contribution in [-0.4, -0.2) is 27.5 Å². The van der Waals surface area contributed by atoms with E-state index in [9.17, 15) is 13.2 Å². The molecule has 9 heteroatoms. The summed E-state index contributed by atoms with van der Waals surface area (Å²) >= 11 is 1.84. The zero-order valence-electron chi connectivity index (χ0n) is 11.6. The Hall–Kier alpha value is -1.22. The van der Waals surface area contributed by atoms with Crippen molar-refractivity contribution in [1.29, 1.82) is 0 Å². The molecule has 5 nitrogen and oxygen atoms in total. The van der Waals surface area contributed by atoms with Crippen molar-refractivity contribution < 1.29 is 13.2 Å². The fraction of sp³-hybridized carbons (Fsp3) is 0.667. The zero-order valence-corrected chi connectivity index (χ0v) is 12.4. The van der Waals surface area contributed by atoms with Crippen LogP contribution < -0.4 is 16.6 Å². The molecule has 0 radical (unpaired) electrons. The monoisotopic (exact) mass is 321 g/mol. The van der Waals surface area contributed by atoms with E-state index in [1.807, 2.05) is 11.8 Å². The summed E-state index contributed by atoms with van der Waals surface area (Å²) in [5.74, 6) is 4.06. The molecule has 0 bridgehead atoms. The third-order valence-electron chi connectivity index (χ3n) is 3.49. The number of alkyl halides is 3. The summed E-state index contributed by atoms with van der Waals surface area (Å²) in [6.45, 7) is 0. The molecule has 1 saturated carbocycles. The molecule has 0 aliphatic heterocycles. The van der Waals surface area contributed by atoms with Crippen molar-refractivity contribution in [3.63, 3.8) is 0 Å². The van der Waals surface area contributed by atoms with Crippen LogP contribution in [-0.2, 0) is 6.18 Å². The molecule has 1 fully saturated rings. The van der Waals surface area contributed by atoms with Crippen molar-refractivity contribution >= 4 is 23.4 Å². The number of nitrogens with two attached hydrogens (primary N) is 1. The molecule has 0 saturated heterocycles. The third-order valence-corrected chi connectivity index (χ3v) is 4.63. The minimum absolute atomic E-state index is 0.0578. The lowest BCUT2D eigenvalue weighted by atomic mass is 9.95. The van der Waals surface area contributed by atoms with E-state index >= 15 is 0 Å². The van der Waals surface area contributed by atoms with Crippen molar-refractivity contribution in [3.8, 4) is 0 Å². The maximum atomic E-state index is 12.7. The van der Waals surface area contributed by atoms with Gasteiger partial charge in [0.1, 0.15) is 11.6 Å². The number of nitrogens with zero attached hydrogens (tertiary/aromatic N) is 2. The van der Waals surface area contributed by atoms with Crippen molar-refractivity contribution in [2.24, 2.45) is 5.84 Å². The molecule has 118 valence electrons. The van der Waals surface area contributed by atoms with Crippen LogP contribution in [0.15, 0.2) is 6.07 Å². The Morgan fingerprint density at radius 1 is 1.19 bits per heavy atom. The summed E-state index contributed by atoms with van der Waals surface area (Å²) in [6, 6.07) is 1.52. The summed E-state index contributed by atoms with van der Waals surface area (Å²) in [4.78, 5) is 6.86. The molecule has 1 aliphatic carbocycles. The van der Waals surface area contributed by atoms with Crippen LogP contribution in [0, 0.1) is 0 Å². The first kappa shape index (κ1) is 16.2. The number of nitrogens with one attached hydrogen (secondary N) is 2. The summed E-state index contributed by atoms with van der Waals surface area (Å²) < 4.78 is 38.2. The van der Waals surface area contributed by atoms with Crippen LogP contribution in [0.4, 0.5) is 24.8 Å². The summed E-state index contributed by atoms with van der Waals surface area (Å²) in [5.41, 5.74) is 2.14. The van der Waals surface area contributed by atoms with E-state index in [0.717, 1.165) is 25.7 Å². The molecular weight excluding hydrogens is 303 g/mol. The van der Waals surface area contributed by atoms with E-state index < -0.39 is 12.0 Å². The maximum Gasteiger partial charge on any atom is 0.451 e. The number of halogens is 3. The third kappa shape index (κ3) is 4.37. The molecule has 1 aliphatic rings. The predicted octanol–water partition coefficient (Wildman–Crippen LogP) is 2.87. The minimum Gasteiger partial charge on any atom is -0.367 e. The summed E-state index contributed by atoms with van der Waals surface area (Å²) in [7, 11) is 0. The molecule has 0 atom stereocenters. The van der Waals surface area contributed by atoms with Crippen LogP contribution in [0.2, 0.25) is 0 Å². The quantitative estimate of drug-likeness (QED) is 0.585. The normalized spacial score (nSPS) is 22.9. The maximum absolute atomic E-state index is 12.7. The van der Waals surface area contributed by atoms with Gasteiger partial charge in [-0.3, -0.25) is 0 Å². The lowest BCUT2D eigenvalue weighted by molar-refractivity contribution is -0.144. The number of aromatic nitrogens is 2. The molecule has 0 amide bonds. The molecule has 4 N–H and O–H groups in total. The number of nitrogen functional groups attached to an aromatic ring is 1. The van der Waals surface area contributed by atoms with Crippen molar-refractivity contribution in [2.45, 2.75) is 43.2 Å². The molecular formula is C12H18F3N5S. The van der Waals surface area contributed by atoms with E-state index in [2.05, 4.69) is 27.0 Å². The van der Waals surface area contributed by atoms with Gasteiger partial charge in [0, 0.05) is 17.4 Å². The largest absolute Gasteiger partial charge is 0.451 e.